The molecule has 0 saturated heterocycles. The number of fused-ring (bicyclic) bond motifs is 1. The number of hydrogen-bond donors (Lipinski definition) is 0. The molecular formula is C13H18N2O. The first kappa shape index (κ1) is 11.1. The van der Waals surface area contributed by atoms with E-state index in [1.165, 1.54) is 0 Å². The molecule has 16 heavy (non-hydrogen) atoms. The summed E-state index contributed by atoms with van der Waals surface area (Å²) in [5, 5.41) is 0. The maximum Gasteiger partial charge on any atom is 0.174 e. The highest BCUT2D eigenvalue weighted by atomic mass is 16.3. The lowest BCUT2D eigenvalue weighted by Gasteiger charge is -2.07. The van der Waals surface area contributed by atoms with Crippen molar-refractivity contribution in [1.29, 1.82) is 0 Å². The van der Waals surface area contributed by atoms with Crippen molar-refractivity contribution in [3.63, 3.8) is 0 Å². The Balaban J connectivity index is 2.58. The molecule has 2 aromatic rings. The van der Waals surface area contributed by atoms with E-state index in [2.05, 4.69) is 37.7 Å². The Morgan fingerprint density at radius 1 is 1.25 bits per heavy atom. The Bertz CT molecular complexity index is 488. The van der Waals surface area contributed by atoms with E-state index in [0.717, 1.165) is 29.0 Å². The molecule has 2 aromatic heterocycles. The van der Waals surface area contributed by atoms with E-state index in [4.69, 9.17) is 4.42 Å². The van der Waals surface area contributed by atoms with E-state index in [-0.39, 0.29) is 0 Å². The van der Waals surface area contributed by atoms with Crippen LogP contribution in [0.5, 0.6) is 0 Å². The van der Waals surface area contributed by atoms with Crippen LogP contribution < -0.4 is 0 Å². The zero-order valence-corrected chi connectivity index (χ0v) is 10.3. The second kappa shape index (κ2) is 4.24. The van der Waals surface area contributed by atoms with Gasteiger partial charge >= 0.3 is 0 Å². The second-order valence-corrected chi connectivity index (χ2v) is 4.59. The molecule has 1 atom stereocenters. The molecule has 0 aromatic carbocycles. The Labute approximate surface area is 95.9 Å². The SMILES string of the molecule is CCC(C)c1ncnc2cc(C(C)C)oc12. The van der Waals surface area contributed by atoms with Crippen LogP contribution in [-0.4, -0.2) is 9.97 Å². The highest BCUT2D eigenvalue weighted by molar-refractivity contribution is 5.75. The highest BCUT2D eigenvalue weighted by Crippen LogP contribution is 2.29. The molecule has 0 bridgehead atoms. The summed E-state index contributed by atoms with van der Waals surface area (Å²) in [6.45, 7) is 8.56. The standard InChI is InChI=1S/C13H18N2O/c1-5-9(4)12-13-10(14-7-15-12)6-11(16-13)8(2)3/h6-9H,5H2,1-4H3. The molecule has 3 heteroatoms. The fraction of sp³-hybridized carbons (Fsp3) is 0.538. The summed E-state index contributed by atoms with van der Waals surface area (Å²) in [5.74, 6) is 1.79. The van der Waals surface area contributed by atoms with Gasteiger partial charge < -0.3 is 4.42 Å². The molecule has 0 N–H and O–H groups in total. The topological polar surface area (TPSA) is 38.9 Å². The molecule has 0 radical (unpaired) electrons. The third-order valence-corrected chi connectivity index (χ3v) is 3.01. The van der Waals surface area contributed by atoms with Crippen LogP contribution >= 0.6 is 0 Å². The van der Waals surface area contributed by atoms with Gasteiger partial charge in [0.15, 0.2) is 5.58 Å². The van der Waals surface area contributed by atoms with Crippen LogP contribution in [0.15, 0.2) is 16.8 Å². The average Bonchev–Trinajstić information content (AvgIpc) is 2.71. The van der Waals surface area contributed by atoms with Crippen LogP contribution in [-0.2, 0) is 0 Å². The van der Waals surface area contributed by atoms with Gasteiger partial charge in [-0.3, -0.25) is 0 Å². The minimum absolute atomic E-state index is 0.388. The van der Waals surface area contributed by atoms with Crippen molar-refractivity contribution < 1.29 is 4.42 Å². The molecule has 0 saturated carbocycles. The molecule has 86 valence electrons. The lowest BCUT2D eigenvalue weighted by molar-refractivity contribution is 0.513. The number of aromatic nitrogens is 2. The first-order valence-electron chi connectivity index (χ1n) is 5.87. The van der Waals surface area contributed by atoms with Crippen LogP contribution in [0.2, 0.25) is 0 Å². The van der Waals surface area contributed by atoms with E-state index < -0.39 is 0 Å². The molecule has 3 nitrogen and oxygen atoms in total. The van der Waals surface area contributed by atoms with Gasteiger partial charge in [0.25, 0.3) is 0 Å². The molecule has 0 spiro atoms. The minimum Gasteiger partial charge on any atom is -0.457 e. The van der Waals surface area contributed by atoms with Crippen LogP contribution in [0.4, 0.5) is 0 Å². The third kappa shape index (κ3) is 1.82. The van der Waals surface area contributed by atoms with Gasteiger partial charge in [-0.25, -0.2) is 9.97 Å². The predicted molar refractivity (Wildman–Crippen MR) is 64.6 cm³/mol. The van der Waals surface area contributed by atoms with Gasteiger partial charge in [-0.15, -0.1) is 0 Å². The predicted octanol–water partition coefficient (Wildman–Crippen LogP) is 3.86. The molecule has 1 unspecified atom stereocenters. The highest BCUT2D eigenvalue weighted by Gasteiger charge is 2.15. The lowest BCUT2D eigenvalue weighted by Crippen LogP contribution is -1.96. The van der Waals surface area contributed by atoms with Crippen molar-refractivity contribution in [2.75, 3.05) is 0 Å². The zero-order chi connectivity index (χ0) is 11.7. The number of rotatable bonds is 3. The Kier molecular flexibility index (Phi) is 2.95. The fourth-order valence-corrected chi connectivity index (χ4v) is 1.72. The molecule has 0 amide bonds. The number of furan rings is 1. The summed E-state index contributed by atoms with van der Waals surface area (Å²) in [6.07, 6.45) is 2.69. The normalized spacial score (nSPS) is 13.6. The van der Waals surface area contributed by atoms with Gasteiger partial charge in [0, 0.05) is 17.9 Å². The largest absolute Gasteiger partial charge is 0.457 e. The quantitative estimate of drug-likeness (QED) is 0.785. The molecule has 0 aliphatic rings. The van der Waals surface area contributed by atoms with Crippen molar-refractivity contribution in [2.45, 2.75) is 46.0 Å². The zero-order valence-electron chi connectivity index (χ0n) is 10.3. The smallest absolute Gasteiger partial charge is 0.174 e. The van der Waals surface area contributed by atoms with Crippen molar-refractivity contribution >= 4 is 11.1 Å². The maximum atomic E-state index is 5.86. The van der Waals surface area contributed by atoms with E-state index in [0.29, 0.717) is 11.8 Å². The van der Waals surface area contributed by atoms with E-state index in [1.54, 1.807) is 6.33 Å². The lowest BCUT2D eigenvalue weighted by atomic mass is 10.0. The molecule has 0 fully saturated rings. The summed E-state index contributed by atoms with van der Waals surface area (Å²) in [5.41, 5.74) is 2.81. The Morgan fingerprint density at radius 2 is 2.00 bits per heavy atom. The van der Waals surface area contributed by atoms with Crippen LogP contribution in [0.25, 0.3) is 11.1 Å². The molecule has 2 rings (SSSR count). The summed E-state index contributed by atoms with van der Waals surface area (Å²) in [4.78, 5) is 8.60. The Hall–Kier alpha value is -1.38. The minimum atomic E-state index is 0.388. The van der Waals surface area contributed by atoms with Crippen molar-refractivity contribution in [1.82, 2.24) is 9.97 Å². The van der Waals surface area contributed by atoms with Crippen molar-refractivity contribution in [2.24, 2.45) is 0 Å². The first-order chi connectivity index (χ1) is 7.63. The fourth-order valence-electron chi connectivity index (χ4n) is 1.72. The maximum absolute atomic E-state index is 5.86. The number of hydrogen-bond acceptors (Lipinski definition) is 3. The second-order valence-electron chi connectivity index (χ2n) is 4.59. The third-order valence-electron chi connectivity index (χ3n) is 3.01. The van der Waals surface area contributed by atoms with Crippen molar-refractivity contribution in [3.8, 4) is 0 Å². The van der Waals surface area contributed by atoms with Crippen LogP contribution in [0, 0.1) is 0 Å². The van der Waals surface area contributed by atoms with Gasteiger partial charge in [-0.2, -0.15) is 0 Å². The average molecular weight is 218 g/mol. The molecular weight excluding hydrogens is 200 g/mol. The van der Waals surface area contributed by atoms with E-state index in [1.807, 2.05) is 6.07 Å². The summed E-state index contributed by atoms with van der Waals surface area (Å²) >= 11 is 0. The Morgan fingerprint density at radius 3 is 2.62 bits per heavy atom. The van der Waals surface area contributed by atoms with Gasteiger partial charge in [-0.1, -0.05) is 27.7 Å². The molecule has 0 aliphatic carbocycles. The van der Waals surface area contributed by atoms with Gasteiger partial charge in [0.1, 0.15) is 17.6 Å². The van der Waals surface area contributed by atoms with Gasteiger partial charge in [0.05, 0.1) is 5.69 Å². The van der Waals surface area contributed by atoms with Gasteiger partial charge in [0.2, 0.25) is 0 Å². The van der Waals surface area contributed by atoms with Gasteiger partial charge in [-0.05, 0) is 6.42 Å². The summed E-state index contributed by atoms with van der Waals surface area (Å²) in [6, 6.07) is 2.02. The molecule has 0 aliphatic heterocycles. The van der Waals surface area contributed by atoms with Crippen LogP contribution in [0.1, 0.15) is 57.4 Å². The summed E-state index contributed by atoms with van der Waals surface area (Å²) < 4.78 is 5.86. The monoisotopic (exact) mass is 218 g/mol. The van der Waals surface area contributed by atoms with Crippen molar-refractivity contribution in [3.05, 3.63) is 23.8 Å². The van der Waals surface area contributed by atoms with E-state index >= 15 is 0 Å². The number of nitrogens with zero attached hydrogens (tertiary/aromatic N) is 2. The van der Waals surface area contributed by atoms with Crippen LogP contribution in [0.3, 0.4) is 0 Å². The molecule has 2 heterocycles. The summed E-state index contributed by atoms with van der Waals surface area (Å²) in [7, 11) is 0. The first-order valence-corrected chi connectivity index (χ1v) is 5.87. The van der Waals surface area contributed by atoms with E-state index in [9.17, 15) is 0 Å².